The molecule has 1 heterocycles. The maximum atomic E-state index is 4.24. The predicted octanol–water partition coefficient (Wildman–Crippen LogP) is 1.60. The number of likely N-dealkylation sites (N-methyl/N-ethyl adjacent to an activating group) is 1. The first-order valence-corrected chi connectivity index (χ1v) is 6.87. The van der Waals surface area contributed by atoms with E-state index in [1.165, 1.54) is 5.56 Å². The van der Waals surface area contributed by atoms with Crippen molar-refractivity contribution in [2.45, 2.75) is 25.6 Å². The standard InChI is InChI=1S/C15H23N5/c1-12(16-10-14-17-11-18-20(14)4)15(19(2)3)13-8-6-5-7-9-13/h5-9,11-12,15-16H,10H2,1-4H3. The van der Waals surface area contributed by atoms with Gasteiger partial charge in [0, 0.05) is 19.1 Å². The van der Waals surface area contributed by atoms with Crippen LogP contribution in [0, 0.1) is 0 Å². The van der Waals surface area contributed by atoms with Gasteiger partial charge in [0.2, 0.25) is 0 Å². The molecule has 1 aromatic heterocycles. The molecule has 2 aromatic rings. The van der Waals surface area contributed by atoms with Crippen molar-refractivity contribution in [2.75, 3.05) is 14.1 Å². The predicted molar refractivity (Wildman–Crippen MR) is 80.2 cm³/mol. The lowest BCUT2D eigenvalue weighted by Crippen LogP contribution is -2.39. The van der Waals surface area contributed by atoms with Crippen LogP contribution < -0.4 is 5.32 Å². The average Bonchev–Trinajstić information content (AvgIpc) is 2.83. The highest BCUT2D eigenvalue weighted by molar-refractivity contribution is 5.20. The van der Waals surface area contributed by atoms with Crippen LogP contribution in [0.4, 0.5) is 0 Å². The molecule has 2 atom stereocenters. The van der Waals surface area contributed by atoms with E-state index >= 15 is 0 Å². The minimum Gasteiger partial charge on any atom is -0.305 e. The summed E-state index contributed by atoms with van der Waals surface area (Å²) in [5.74, 6) is 0.947. The molecule has 2 rings (SSSR count). The van der Waals surface area contributed by atoms with E-state index in [0.29, 0.717) is 12.1 Å². The molecule has 5 heteroatoms. The van der Waals surface area contributed by atoms with Crippen molar-refractivity contribution in [3.05, 3.63) is 48.0 Å². The topological polar surface area (TPSA) is 46.0 Å². The Balaban J connectivity index is 2.05. The smallest absolute Gasteiger partial charge is 0.140 e. The van der Waals surface area contributed by atoms with Crippen LogP contribution >= 0.6 is 0 Å². The van der Waals surface area contributed by atoms with Gasteiger partial charge in [-0.25, -0.2) is 4.98 Å². The Kier molecular flexibility index (Phi) is 4.87. The van der Waals surface area contributed by atoms with Crippen LogP contribution in [-0.4, -0.2) is 39.8 Å². The van der Waals surface area contributed by atoms with Crippen molar-refractivity contribution in [1.82, 2.24) is 25.0 Å². The number of hydrogen-bond donors (Lipinski definition) is 1. The Bertz CT molecular complexity index is 520. The van der Waals surface area contributed by atoms with Crippen LogP contribution in [0.15, 0.2) is 36.7 Å². The first-order valence-electron chi connectivity index (χ1n) is 6.87. The Morgan fingerprint density at radius 2 is 1.95 bits per heavy atom. The maximum absolute atomic E-state index is 4.24. The highest BCUT2D eigenvalue weighted by atomic mass is 15.3. The summed E-state index contributed by atoms with van der Waals surface area (Å²) in [7, 11) is 6.13. The van der Waals surface area contributed by atoms with E-state index in [0.717, 1.165) is 12.4 Å². The fourth-order valence-electron chi connectivity index (χ4n) is 2.53. The van der Waals surface area contributed by atoms with E-state index in [9.17, 15) is 0 Å². The molecule has 0 aliphatic rings. The fourth-order valence-corrected chi connectivity index (χ4v) is 2.53. The number of nitrogens with one attached hydrogen (secondary N) is 1. The highest BCUT2D eigenvalue weighted by Crippen LogP contribution is 2.21. The molecule has 0 saturated heterocycles. The molecule has 0 aliphatic heterocycles. The Labute approximate surface area is 120 Å². The molecule has 20 heavy (non-hydrogen) atoms. The zero-order valence-corrected chi connectivity index (χ0v) is 12.6. The summed E-state index contributed by atoms with van der Waals surface area (Å²) in [4.78, 5) is 6.48. The van der Waals surface area contributed by atoms with Gasteiger partial charge in [-0.3, -0.25) is 4.68 Å². The lowest BCUT2D eigenvalue weighted by atomic mass is 9.99. The number of benzene rings is 1. The van der Waals surface area contributed by atoms with Gasteiger partial charge in [0.1, 0.15) is 12.2 Å². The minimum absolute atomic E-state index is 0.309. The van der Waals surface area contributed by atoms with Crippen molar-refractivity contribution in [1.29, 1.82) is 0 Å². The zero-order chi connectivity index (χ0) is 14.5. The normalized spacial score (nSPS) is 14.4. The van der Waals surface area contributed by atoms with Gasteiger partial charge in [-0.1, -0.05) is 30.3 Å². The van der Waals surface area contributed by atoms with Gasteiger partial charge in [-0.15, -0.1) is 0 Å². The third-order valence-electron chi connectivity index (χ3n) is 3.56. The van der Waals surface area contributed by atoms with Gasteiger partial charge in [-0.05, 0) is 26.6 Å². The van der Waals surface area contributed by atoms with Crippen LogP contribution in [0.25, 0.3) is 0 Å². The molecule has 0 fully saturated rings. The largest absolute Gasteiger partial charge is 0.305 e. The van der Waals surface area contributed by atoms with Crippen molar-refractivity contribution < 1.29 is 0 Å². The molecule has 0 spiro atoms. The maximum Gasteiger partial charge on any atom is 0.140 e. The second kappa shape index (κ2) is 6.63. The van der Waals surface area contributed by atoms with Crippen molar-refractivity contribution in [3.63, 3.8) is 0 Å². The number of rotatable bonds is 6. The molecule has 0 aliphatic carbocycles. The zero-order valence-electron chi connectivity index (χ0n) is 12.6. The van der Waals surface area contributed by atoms with E-state index in [4.69, 9.17) is 0 Å². The SMILES string of the molecule is CC(NCc1ncnn1C)C(c1ccccc1)N(C)C. The minimum atomic E-state index is 0.309. The van der Waals surface area contributed by atoms with Crippen molar-refractivity contribution >= 4 is 0 Å². The van der Waals surface area contributed by atoms with E-state index in [-0.39, 0.29) is 0 Å². The van der Waals surface area contributed by atoms with E-state index in [1.807, 2.05) is 13.1 Å². The molecule has 0 amide bonds. The molecule has 0 bridgehead atoms. The second-order valence-electron chi connectivity index (χ2n) is 5.29. The molecule has 0 saturated carbocycles. The summed E-state index contributed by atoms with van der Waals surface area (Å²) in [6, 6.07) is 11.2. The monoisotopic (exact) mass is 273 g/mol. The molecule has 5 nitrogen and oxygen atoms in total. The Hall–Kier alpha value is -1.72. The number of aryl methyl sites for hydroxylation is 1. The summed E-state index contributed by atoms with van der Waals surface area (Å²) >= 11 is 0. The van der Waals surface area contributed by atoms with Gasteiger partial charge in [0.05, 0.1) is 6.54 Å². The summed E-state index contributed by atoms with van der Waals surface area (Å²) in [5, 5.41) is 7.63. The van der Waals surface area contributed by atoms with Crippen molar-refractivity contribution in [2.24, 2.45) is 7.05 Å². The molecular formula is C15H23N5. The van der Waals surface area contributed by atoms with Crippen LogP contribution in [-0.2, 0) is 13.6 Å². The molecule has 0 radical (unpaired) electrons. The van der Waals surface area contributed by atoms with E-state index in [1.54, 1.807) is 11.0 Å². The first-order chi connectivity index (χ1) is 9.59. The van der Waals surface area contributed by atoms with Gasteiger partial charge in [0.15, 0.2) is 0 Å². The Morgan fingerprint density at radius 1 is 1.25 bits per heavy atom. The fraction of sp³-hybridized carbons (Fsp3) is 0.467. The molecule has 1 aromatic carbocycles. The van der Waals surface area contributed by atoms with Crippen LogP contribution in [0.5, 0.6) is 0 Å². The number of aromatic nitrogens is 3. The summed E-state index contributed by atoms with van der Waals surface area (Å²) in [5.41, 5.74) is 1.32. The highest BCUT2D eigenvalue weighted by Gasteiger charge is 2.21. The Morgan fingerprint density at radius 3 is 2.50 bits per heavy atom. The third-order valence-corrected chi connectivity index (χ3v) is 3.56. The molecular weight excluding hydrogens is 250 g/mol. The van der Waals surface area contributed by atoms with Gasteiger partial charge in [-0.2, -0.15) is 5.10 Å². The van der Waals surface area contributed by atoms with Crippen LogP contribution in [0.1, 0.15) is 24.4 Å². The average molecular weight is 273 g/mol. The molecule has 2 unspecified atom stereocenters. The molecule has 1 N–H and O–H groups in total. The van der Waals surface area contributed by atoms with E-state index < -0.39 is 0 Å². The first kappa shape index (κ1) is 14.7. The van der Waals surface area contributed by atoms with Crippen LogP contribution in [0.2, 0.25) is 0 Å². The summed E-state index contributed by atoms with van der Waals surface area (Å²) in [6.07, 6.45) is 1.59. The third kappa shape index (κ3) is 3.43. The van der Waals surface area contributed by atoms with Gasteiger partial charge < -0.3 is 10.2 Å². The van der Waals surface area contributed by atoms with Crippen molar-refractivity contribution in [3.8, 4) is 0 Å². The quantitative estimate of drug-likeness (QED) is 0.868. The summed E-state index contributed by atoms with van der Waals surface area (Å²) in [6.45, 7) is 2.92. The van der Waals surface area contributed by atoms with E-state index in [2.05, 4.69) is 65.6 Å². The number of nitrogens with zero attached hydrogens (tertiary/aromatic N) is 4. The summed E-state index contributed by atoms with van der Waals surface area (Å²) < 4.78 is 1.80. The molecule has 108 valence electrons. The number of hydrogen-bond acceptors (Lipinski definition) is 4. The van der Waals surface area contributed by atoms with Crippen LogP contribution in [0.3, 0.4) is 0 Å². The lowest BCUT2D eigenvalue weighted by molar-refractivity contribution is 0.238. The lowest BCUT2D eigenvalue weighted by Gasteiger charge is -2.31. The van der Waals surface area contributed by atoms with Gasteiger partial charge >= 0.3 is 0 Å². The second-order valence-corrected chi connectivity index (χ2v) is 5.29. The van der Waals surface area contributed by atoms with Gasteiger partial charge in [0.25, 0.3) is 0 Å².